The van der Waals surface area contributed by atoms with E-state index in [9.17, 15) is 4.79 Å². The van der Waals surface area contributed by atoms with Crippen LogP contribution in [0.3, 0.4) is 0 Å². The number of aromatic nitrogens is 1. The van der Waals surface area contributed by atoms with Crippen LogP contribution >= 0.6 is 15.9 Å². The van der Waals surface area contributed by atoms with Crippen LogP contribution in [0, 0.1) is 5.92 Å². The molecular weight excluding hydrogens is 380 g/mol. The van der Waals surface area contributed by atoms with Crippen molar-refractivity contribution in [3.63, 3.8) is 0 Å². The van der Waals surface area contributed by atoms with Crippen molar-refractivity contribution < 1.29 is 9.53 Å². The van der Waals surface area contributed by atoms with Gasteiger partial charge in [0.1, 0.15) is 0 Å². The van der Waals surface area contributed by atoms with Crippen molar-refractivity contribution >= 4 is 21.8 Å². The lowest BCUT2D eigenvalue weighted by Gasteiger charge is -2.31. The predicted octanol–water partition coefficient (Wildman–Crippen LogP) is 4.06. The van der Waals surface area contributed by atoms with Gasteiger partial charge in [0.2, 0.25) is 5.91 Å². The second-order valence-corrected chi connectivity index (χ2v) is 7.23. The molecule has 5 heteroatoms. The minimum atomic E-state index is 0.00399. The lowest BCUT2D eigenvalue weighted by atomic mass is 9.87. The second-order valence-electron chi connectivity index (χ2n) is 6.37. The molecule has 0 aliphatic carbocycles. The van der Waals surface area contributed by atoms with Crippen LogP contribution in [0.25, 0.3) is 0 Å². The van der Waals surface area contributed by atoms with E-state index in [2.05, 4.69) is 32.3 Å². The third-order valence-corrected chi connectivity index (χ3v) is 5.45. The number of hydrogen-bond donors (Lipinski definition) is 1. The third kappa shape index (κ3) is 5.13. The average molecular weight is 403 g/mol. The van der Waals surface area contributed by atoms with Gasteiger partial charge in [-0.05, 0) is 48.4 Å². The molecule has 0 radical (unpaired) electrons. The number of halogens is 1. The molecule has 4 nitrogen and oxygen atoms in total. The summed E-state index contributed by atoms with van der Waals surface area (Å²) in [6, 6.07) is 12.0. The molecule has 0 spiro atoms. The largest absolute Gasteiger partial charge is 0.381 e. The summed E-state index contributed by atoms with van der Waals surface area (Å²) in [5.41, 5.74) is 2.23. The van der Waals surface area contributed by atoms with E-state index in [-0.39, 0.29) is 11.9 Å². The maximum Gasteiger partial charge on any atom is 0.220 e. The fourth-order valence-corrected chi connectivity index (χ4v) is 3.76. The van der Waals surface area contributed by atoms with Crippen LogP contribution in [-0.4, -0.2) is 24.1 Å². The number of hydrogen-bond acceptors (Lipinski definition) is 3. The highest BCUT2D eigenvalue weighted by atomic mass is 79.9. The molecule has 1 aromatic heterocycles. The number of carbonyl (C=O) groups excluding carboxylic acids is 1. The van der Waals surface area contributed by atoms with Gasteiger partial charge < -0.3 is 10.1 Å². The number of carbonyl (C=O) groups is 1. The molecule has 0 saturated carbocycles. The normalized spacial score (nSPS) is 16.4. The van der Waals surface area contributed by atoms with E-state index in [1.165, 1.54) is 0 Å². The molecule has 132 valence electrons. The Morgan fingerprint density at radius 2 is 2.04 bits per heavy atom. The van der Waals surface area contributed by atoms with Crippen molar-refractivity contribution in [2.45, 2.75) is 31.7 Å². The summed E-state index contributed by atoms with van der Waals surface area (Å²) >= 11 is 3.54. The highest BCUT2D eigenvalue weighted by molar-refractivity contribution is 9.10. The highest BCUT2D eigenvalue weighted by Crippen LogP contribution is 2.30. The molecule has 1 N–H and O–H groups in total. The van der Waals surface area contributed by atoms with E-state index < -0.39 is 0 Å². The monoisotopic (exact) mass is 402 g/mol. The number of rotatable bonds is 6. The minimum absolute atomic E-state index is 0.00399. The Labute approximate surface area is 157 Å². The molecule has 1 aliphatic heterocycles. The first-order valence-corrected chi connectivity index (χ1v) is 9.54. The van der Waals surface area contributed by atoms with E-state index in [0.717, 1.165) is 48.1 Å². The molecule has 3 rings (SSSR count). The summed E-state index contributed by atoms with van der Waals surface area (Å²) in [6.45, 7) is 1.52. The van der Waals surface area contributed by atoms with Crippen molar-refractivity contribution in [2.24, 2.45) is 5.92 Å². The van der Waals surface area contributed by atoms with Gasteiger partial charge >= 0.3 is 0 Å². The molecule has 1 atom stereocenters. The van der Waals surface area contributed by atoms with E-state index >= 15 is 0 Å². The quantitative estimate of drug-likeness (QED) is 0.792. The number of pyridine rings is 1. The standard InChI is InChI=1S/C20H23BrN2O2/c21-18-6-2-1-4-15(18)7-8-19(24)23-20(16-9-12-25-13-10-16)17-5-3-11-22-14-17/h1-6,11,14,16,20H,7-10,12-13H2,(H,23,24)/t20-/m1/s1. The van der Waals surface area contributed by atoms with Crippen molar-refractivity contribution in [1.82, 2.24) is 10.3 Å². The molecule has 1 saturated heterocycles. The summed E-state index contributed by atoms with van der Waals surface area (Å²) in [7, 11) is 0. The Morgan fingerprint density at radius 1 is 1.24 bits per heavy atom. The number of nitrogens with one attached hydrogen (secondary N) is 1. The summed E-state index contributed by atoms with van der Waals surface area (Å²) < 4.78 is 6.53. The maximum absolute atomic E-state index is 12.6. The van der Waals surface area contributed by atoms with Crippen LogP contribution in [0.5, 0.6) is 0 Å². The fraction of sp³-hybridized carbons (Fsp3) is 0.400. The van der Waals surface area contributed by atoms with Crippen LogP contribution in [0.2, 0.25) is 0 Å². The molecule has 0 unspecified atom stereocenters. The van der Waals surface area contributed by atoms with Crippen molar-refractivity contribution in [1.29, 1.82) is 0 Å². The van der Waals surface area contributed by atoms with Gasteiger partial charge in [-0.1, -0.05) is 40.2 Å². The Kier molecular flexibility index (Phi) is 6.59. The minimum Gasteiger partial charge on any atom is -0.381 e. The summed E-state index contributed by atoms with van der Waals surface area (Å²) in [4.78, 5) is 16.8. The van der Waals surface area contributed by atoms with Crippen LogP contribution in [0.1, 0.15) is 36.4 Å². The van der Waals surface area contributed by atoms with Gasteiger partial charge in [-0.2, -0.15) is 0 Å². The molecule has 2 heterocycles. The van der Waals surface area contributed by atoms with Gasteiger partial charge in [-0.25, -0.2) is 0 Å². The van der Waals surface area contributed by atoms with Gasteiger partial charge in [-0.15, -0.1) is 0 Å². The first kappa shape index (κ1) is 18.1. The predicted molar refractivity (Wildman–Crippen MR) is 101 cm³/mol. The molecule has 1 fully saturated rings. The molecular formula is C20H23BrN2O2. The molecule has 2 aromatic rings. The molecule has 1 aliphatic rings. The van der Waals surface area contributed by atoms with Crippen LogP contribution in [-0.2, 0) is 16.0 Å². The Bertz CT molecular complexity index is 687. The van der Waals surface area contributed by atoms with Gasteiger partial charge in [0.25, 0.3) is 0 Å². The summed E-state index contributed by atoms with van der Waals surface area (Å²) in [5.74, 6) is 0.474. The zero-order chi connectivity index (χ0) is 17.5. The van der Waals surface area contributed by atoms with Crippen LogP contribution in [0.4, 0.5) is 0 Å². The smallest absolute Gasteiger partial charge is 0.220 e. The molecule has 0 bridgehead atoms. The van der Waals surface area contributed by atoms with Crippen molar-refractivity contribution in [2.75, 3.05) is 13.2 Å². The van der Waals surface area contributed by atoms with Crippen molar-refractivity contribution in [3.05, 3.63) is 64.4 Å². The lowest BCUT2D eigenvalue weighted by Crippen LogP contribution is -2.36. The lowest BCUT2D eigenvalue weighted by molar-refractivity contribution is -0.122. The fourth-order valence-electron chi connectivity index (χ4n) is 3.28. The van der Waals surface area contributed by atoms with E-state index in [1.54, 1.807) is 6.20 Å². The van der Waals surface area contributed by atoms with Crippen LogP contribution < -0.4 is 5.32 Å². The SMILES string of the molecule is O=C(CCc1ccccc1Br)N[C@@H](c1cccnc1)C1CCOCC1. The second kappa shape index (κ2) is 9.11. The Hall–Kier alpha value is -1.72. The van der Waals surface area contributed by atoms with E-state index in [1.807, 2.05) is 36.5 Å². The number of amides is 1. The maximum atomic E-state index is 12.6. The molecule has 1 amide bonds. The Balaban J connectivity index is 1.65. The van der Waals surface area contributed by atoms with Gasteiger partial charge in [0.05, 0.1) is 6.04 Å². The van der Waals surface area contributed by atoms with Gasteiger partial charge in [-0.3, -0.25) is 9.78 Å². The number of nitrogens with zero attached hydrogens (tertiary/aromatic N) is 1. The highest BCUT2D eigenvalue weighted by Gasteiger charge is 2.27. The Morgan fingerprint density at radius 3 is 2.76 bits per heavy atom. The first-order chi connectivity index (χ1) is 12.2. The van der Waals surface area contributed by atoms with Crippen LogP contribution in [0.15, 0.2) is 53.3 Å². The van der Waals surface area contributed by atoms with E-state index in [0.29, 0.717) is 12.3 Å². The third-order valence-electron chi connectivity index (χ3n) is 4.68. The first-order valence-electron chi connectivity index (χ1n) is 8.74. The number of aryl methyl sites for hydroxylation is 1. The average Bonchev–Trinajstić information content (AvgIpc) is 2.67. The molecule has 1 aromatic carbocycles. The van der Waals surface area contributed by atoms with E-state index in [4.69, 9.17) is 4.74 Å². The summed E-state index contributed by atoms with van der Waals surface area (Å²) in [5, 5.41) is 3.24. The zero-order valence-electron chi connectivity index (χ0n) is 14.2. The topological polar surface area (TPSA) is 51.2 Å². The molecule has 25 heavy (non-hydrogen) atoms. The zero-order valence-corrected chi connectivity index (χ0v) is 15.7. The number of ether oxygens (including phenoxy) is 1. The number of benzene rings is 1. The van der Waals surface area contributed by atoms with Crippen molar-refractivity contribution in [3.8, 4) is 0 Å². The van der Waals surface area contributed by atoms with Gasteiger partial charge in [0, 0.05) is 36.5 Å². The van der Waals surface area contributed by atoms with Gasteiger partial charge in [0.15, 0.2) is 0 Å². The summed E-state index contributed by atoms with van der Waals surface area (Å²) in [6.07, 6.45) is 6.74.